The number of carbonyl (C=O) groups excluding carboxylic acids is 3. The Morgan fingerprint density at radius 2 is 1.91 bits per heavy atom. The molecule has 0 unspecified atom stereocenters. The number of nitrogens with zero attached hydrogens (tertiary/aromatic N) is 1. The lowest BCUT2D eigenvalue weighted by atomic mass is 10.2. The van der Waals surface area contributed by atoms with Crippen molar-refractivity contribution in [1.82, 2.24) is 10.7 Å². The maximum Gasteiger partial charge on any atom is 0.344 e. The second-order valence-electron chi connectivity index (χ2n) is 6.13. The number of hydrogen-bond donors (Lipinski definition) is 2. The molecule has 3 aromatic rings. The van der Waals surface area contributed by atoms with Crippen molar-refractivity contribution in [2.75, 3.05) is 6.54 Å². The first-order valence-corrected chi connectivity index (χ1v) is 11.6. The fraction of sp³-hybridized carbons (Fsp3) is 0.0476. The number of rotatable bonds is 7. The SMILES string of the molecule is O=C(CNC(=O)c1ccco1)N/N=C/c1cc(Br)cc(Br)c1OC(=O)c1ccccc1I. The highest BCUT2D eigenvalue weighted by Crippen LogP contribution is 2.33. The summed E-state index contributed by atoms with van der Waals surface area (Å²) >= 11 is 8.81. The monoisotopic (exact) mass is 673 g/mol. The van der Waals surface area contributed by atoms with Gasteiger partial charge in [0.15, 0.2) is 11.5 Å². The molecular weight excluding hydrogens is 661 g/mol. The van der Waals surface area contributed by atoms with E-state index >= 15 is 0 Å². The highest BCUT2D eigenvalue weighted by molar-refractivity contribution is 14.1. The summed E-state index contributed by atoms with van der Waals surface area (Å²) in [6.45, 7) is -0.298. The lowest BCUT2D eigenvalue weighted by Crippen LogP contribution is -2.34. The van der Waals surface area contributed by atoms with Crippen LogP contribution >= 0.6 is 54.5 Å². The zero-order chi connectivity index (χ0) is 23.1. The largest absolute Gasteiger partial charge is 0.459 e. The van der Waals surface area contributed by atoms with E-state index in [4.69, 9.17) is 9.15 Å². The van der Waals surface area contributed by atoms with E-state index in [1.54, 1.807) is 36.4 Å². The third kappa shape index (κ3) is 6.50. The molecule has 0 saturated heterocycles. The predicted octanol–water partition coefficient (Wildman–Crippen LogP) is 4.51. The fourth-order valence-electron chi connectivity index (χ4n) is 2.43. The molecule has 32 heavy (non-hydrogen) atoms. The standard InChI is InChI=1S/C21H14Br2IN3O5/c22-13-8-12(10-26-27-18(28)11-25-20(29)17-6-3-7-31-17)19(15(23)9-13)32-21(30)14-4-1-2-5-16(14)24/h1-10H,11H2,(H,25,29)(H,27,28)/b26-10+. The van der Waals surface area contributed by atoms with E-state index < -0.39 is 17.8 Å². The molecule has 8 nitrogen and oxygen atoms in total. The second-order valence-corrected chi connectivity index (χ2v) is 9.06. The van der Waals surface area contributed by atoms with E-state index in [2.05, 4.69) is 70.3 Å². The molecule has 0 saturated carbocycles. The van der Waals surface area contributed by atoms with E-state index in [9.17, 15) is 14.4 Å². The molecule has 0 aliphatic heterocycles. The Morgan fingerprint density at radius 3 is 2.62 bits per heavy atom. The summed E-state index contributed by atoms with van der Waals surface area (Å²) < 4.78 is 12.5. The Bertz CT molecular complexity index is 1180. The molecule has 0 bridgehead atoms. The number of amides is 2. The average Bonchev–Trinajstić information content (AvgIpc) is 3.29. The molecule has 2 amide bonds. The number of hydrazone groups is 1. The first-order valence-electron chi connectivity index (χ1n) is 8.94. The molecule has 0 radical (unpaired) electrons. The number of carbonyl (C=O) groups is 3. The first kappa shape index (κ1) is 24.1. The van der Waals surface area contributed by atoms with Crippen LogP contribution in [0.15, 0.2) is 73.3 Å². The Kier molecular flexibility index (Phi) is 8.59. The molecule has 0 spiro atoms. The molecule has 164 valence electrons. The summed E-state index contributed by atoms with van der Waals surface area (Å²) in [5.74, 6) is -1.26. The topological polar surface area (TPSA) is 110 Å². The van der Waals surface area contributed by atoms with Crippen molar-refractivity contribution in [3.05, 3.63) is 84.2 Å². The highest BCUT2D eigenvalue weighted by Gasteiger charge is 2.17. The molecule has 1 aromatic heterocycles. The van der Waals surface area contributed by atoms with Crippen LogP contribution in [0.3, 0.4) is 0 Å². The average molecular weight is 675 g/mol. The van der Waals surface area contributed by atoms with Crippen LogP contribution < -0.4 is 15.5 Å². The number of ether oxygens (including phenoxy) is 1. The number of halogens is 3. The van der Waals surface area contributed by atoms with Crippen molar-refractivity contribution < 1.29 is 23.5 Å². The maximum atomic E-state index is 12.6. The molecule has 3 rings (SSSR count). The van der Waals surface area contributed by atoms with Crippen molar-refractivity contribution in [3.63, 3.8) is 0 Å². The van der Waals surface area contributed by atoms with Gasteiger partial charge >= 0.3 is 5.97 Å². The number of nitrogens with one attached hydrogen (secondary N) is 2. The molecule has 2 N–H and O–H groups in total. The molecular formula is C21H14Br2IN3O5. The van der Waals surface area contributed by atoms with Gasteiger partial charge in [0.25, 0.3) is 11.8 Å². The van der Waals surface area contributed by atoms with Crippen LogP contribution in [-0.2, 0) is 4.79 Å². The van der Waals surface area contributed by atoms with E-state index in [1.165, 1.54) is 18.5 Å². The molecule has 0 aliphatic rings. The van der Waals surface area contributed by atoms with Crippen LogP contribution in [0.25, 0.3) is 0 Å². The van der Waals surface area contributed by atoms with Crippen molar-refractivity contribution in [1.29, 1.82) is 0 Å². The minimum atomic E-state index is -0.549. The summed E-state index contributed by atoms with van der Waals surface area (Å²) in [5, 5.41) is 6.30. The summed E-state index contributed by atoms with van der Waals surface area (Å²) in [6.07, 6.45) is 2.69. The van der Waals surface area contributed by atoms with E-state index in [-0.39, 0.29) is 18.1 Å². The molecule has 0 atom stereocenters. The maximum absolute atomic E-state index is 12.6. The minimum absolute atomic E-state index is 0.0971. The lowest BCUT2D eigenvalue weighted by Gasteiger charge is -2.11. The van der Waals surface area contributed by atoms with Gasteiger partial charge in [-0.25, -0.2) is 10.2 Å². The Balaban J connectivity index is 1.67. The highest BCUT2D eigenvalue weighted by atomic mass is 127. The Hall–Kier alpha value is -2.51. The van der Waals surface area contributed by atoms with Gasteiger partial charge in [0.2, 0.25) is 0 Å². The van der Waals surface area contributed by atoms with Crippen molar-refractivity contribution in [2.45, 2.75) is 0 Å². The summed E-state index contributed by atoms with van der Waals surface area (Å²) in [5.41, 5.74) is 3.16. The van der Waals surface area contributed by atoms with E-state index in [0.717, 1.165) is 3.57 Å². The predicted molar refractivity (Wildman–Crippen MR) is 133 cm³/mol. The summed E-state index contributed by atoms with van der Waals surface area (Å²) in [4.78, 5) is 36.4. The molecule has 11 heteroatoms. The Labute approximate surface area is 213 Å². The van der Waals surface area contributed by atoms with Crippen LogP contribution in [0, 0.1) is 3.57 Å². The fourth-order valence-corrected chi connectivity index (χ4v) is 4.37. The van der Waals surface area contributed by atoms with Gasteiger partial charge in [0.1, 0.15) is 0 Å². The quantitative estimate of drug-likeness (QED) is 0.126. The summed E-state index contributed by atoms with van der Waals surface area (Å²) in [6, 6.07) is 13.5. The van der Waals surface area contributed by atoms with Crippen molar-refractivity contribution in [2.24, 2.45) is 5.10 Å². The smallest absolute Gasteiger partial charge is 0.344 e. The zero-order valence-corrected chi connectivity index (χ0v) is 21.4. The van der Waals surface area contributed by atoms with Crippen molar-refractivity contribution >= 4 is 78.4 Å². The van der Waals surface area contributed by atoms with Crippen LogP contribution in [0.1, 0.15) is 26.5 Å². The number of hydrogen-bond acceptors (Lipinski definition) is 6. The van der Waals surface area contributed by atoms with Gasteiger partial charge in [0, 0.05) is 13.6 Å². The van der Waals surface area contributed by atoms with Crippen LogP contribution in [0.5, 0.6) is 5.75 Å². The van der Waals surface area contributed by atoms with Crippen LogP contribution in [0.2, 0.25) is 0 Å². The number of benzene rings is 2. The third-order valence-corrected chi connectivity index (χ3v) is 5.86. The van der Waals surface area contributed by atoms with Gasteiger partial charge in [-0.3, -0.25) is 9.59 Å². The van der Waals surface area contributed by atoms with Crippen molar-refractivity contribution in [3.8, 4) is 5.75 Å². The molecule has 0 aliphatic carbocycles. The zero-order valence-electron chi connectivity index (χ0n) is 16.1. The van der Waals surface area contributed by atoms with Gasteiger partial charge in [-0.15, -0.1) is 0 Å². The lowest BCUT2D eigenvalue weighted by molar-refractivity contribution is -0.120. The molecule has 1 heterocycles. The van der Waals surface area contributed by atoms with Gasteiger partial charge in [-0.1, -0.05) is 28.1 Å². The van der Waals surface area contributed by atoms with Crippen LogP contribution in [-0.4, -0.2) is 30.5 Å². The van der Waals surface area contributed by atoms with Gasteiger partial charge in [0.05, 0.1) is 29.1 Å². The summed E-state index contributed by atoms with van der Waals surface area (Å²) in [7, 11) is 0. The van der Waals surface area contributed by atoms with E-state index in [1.807, 2.05) is 6.07 Å². The molecule has 0 fully saturated rings. The van der Waals surface area contributed by atoms with Crippen LogP contribution in [0.4, 0.5) is 0 Å². The van der Waals surface area contributed by atoms with E-state index in [0.29, 0.717) is 20.1 Å². The second kappa shape index (κ2) is 11.4. The first-order chi connectivity index (χ1) is 15.3. The molecule has 2 aromatic carbocycles. The van der Waals surface area contributed by atoms with Gasteiger partial charge in [-0.2, -0.15) is 5.10 Å². The van der Waals surface area contributed by atoms with Gasteiger partial charge in [-0.05, 0) is 74.9 Å². The normalized spacial score (nSPS) is 10.7. The number of esters is 1. The minimum Gasteiger partial charge on any atom is -0.459 e. The number of furan rings is 1. The van der Waals surface area contributed by atoms with Gasteiger partial charge < -0.3 is 14.5 Å². The Morgan fingerprint density at radius 1 is 1.12 bits per heavy atom. The third-order valence-electron chi connectivity index (χ3n) is 3.87.